The summed E-state index contributed by atoms with van der Waals surface area (Å²) >= 11 is 0.910. The number of carbonyl (C=O) groups is 2. The fourth-order valence-corrected chi connectivity index (χ4v) is 4.02. The molecule has 1 fully saturated rings. The average Bonchev–Trinajstić information content (AvgIpc) is 3.06. The second-order valence-corrected chi connectivity index (χ2v) is 8.03. The number of thioether (sulfide) groups is 1. The van der Waals surface area contributed by atoms with Gasteiger partial charge in [0, 0.05) is 0 Å². The third-order valence-corrected chi connectivity index (χ3v) is 5.67. The third kappa shape index (κ3) is 4.64. The van der Waals surface area contributed by atoms with E-state index in [0.717, 1.165) is 27.8 Å². The molecule has 5 nitrogen and oxygen atoms in total. The van der Waals surface area contributed by atoms with Crippen LogP contribution in [0.5, 0.6) is 11.5 Å². The molecule has 4 rings (SSSR count). The van der Waals surface area contributed by atoms with Crippen molar-refractivity contribution in [2.45, 2.75) is 13.5 Å². The maximum atomic E-state index is 12.9. The van der Waals surface area contributed by atoms with Crippen molar-refractivity contribution >= 4 is 34.7 Å². The molecule has 1 saturated heterocycles. The van der Waals surface area contributed by atoms with Crippen molar-refractivity contribution in [3.63, 3.8) is 0 Å². The molecular formula is C25H21NO4S. The minimum atomic E-state index is -0.370. The van der Waals surface area contributed by atoms with Crippen LogP contribution in [0.3, 0.4) is 0 Å². The smallest absolute Gasteiger partial charge is 0.298 e. The summed E-state index contributed by atoms with van der Waals surface area (Å²) in [6.45, 7) is 2.50. The number of hydrogen-bond acceptors (Lipinski definition) is 5. The van der Waals surface area contributed by atoms with Crippen molar-refractivity contribution in [2.24, 2.45) is 0 Å². The number of nitrogens with zero attached hydrogens (tertiary/aromatic N) is 1. The first kappa shape index (κ1) is 20.8. The van der Waals surface area contributed by atoms with Crippen LogP contribution in [-0.4, -0.2) is 18.3 Å². The second kappa shape index (κ2) is 9.10. The minimum absolute atomic E-state index is 0.353. The number of aryl methyl sites for hydroxylation is 1. The lowest BCUT2D eigenvalue weighted by molar-refractivity contribution is -0.113. The van der Waals surface area contributed by atoms with Crippen LogP contribution in [0.15, 0.2) is 77.7 Å². The Morgan fingerprint density at radius 3 is 2.52 bits per heavy atom. The lowest BCUT2D eigenvalue weighted by atomic mass is 10.1. The summed E-state index contributed by atoms with van der Waals surface area (Å²) in [4.78, 5) is 27.0. The van der Waals surface area contributed by atoms with E-state index in [-0.39, 0.29) is 11.1 Å². The number of rotatable bonds is 6. The molecule has 0 N–H and O–H groups in total. The SMILES string of the molecule is COc1ccccc1N1C(=O)S/C(=C\c2cccc(OCc3ccc(C)cc3)c2)C1=O. The highest BCUT2D eigenvalue weighted by molar-refractivity contribution is 8.19. The number of para-hydroxylation sites is 2. The number of methoxy groups -OCH3 is 1. The normalized spacial score (nSPS) is 14.9. The van der Waals surface area contributed by atoms with Crippen LogP contribution in [0.25, 0.3) is 6.08 Å². The van der Waals surface area contributed by atoms with E-state index in [4.69, 9.17) is 9.47 Å². The van der Waals surface area contributed by atoms with Crippen LogP contribution >= 0.6 is 11.8 Å². The van der Waals surface area contributed by atoms with E-state index in [0.29, 0.717) is 28.7 Å². The van der Waals surface area contributed by atoms with Crippen LogP contribution in [0, 0.1) is 6.92 Å². The van der Waals surface area contributed by atoms with Gasteiger partial charge in [0.1, 0.15) is 18.1 Å². The van der Waals surface area contributed by atoms with E-state index in [1.807, 2.05) is 55.5 Å². The number of amides is 2. The Hall–Kier alpha value is -3.51. The van der Waals surface area contributed by atoms with Gasteiger partial charge in [-0.1, -0.05) is 54.1 Å². The predicted octanol–water partition coefficient (Wildman–Crippen LogP) is 5.82. The third-order valence-electron chi connectivity index (χ3n) is 4.80. The highest BCUT2D eigenvalue weighted by Crippen LogP contribution is 2.39. The number of benzene rings is 3. The Balaban J connectivity index is 1.52. The van der Waals surface area contributed by atoms with E-state index in [2.05, 4.69) is 0 Å². The van der Waals surface area contributed by atoms with Gasteiger partial charge in [0.25, 0.3) is 11.1 Å². The van der Waals surface area contributed by atoms with Crippen molar-refractivity contribution in [1.82, 2.24) is 0 Å². The lowest BCUT2D eigenvalue weighted by Crippen LogP contribution is -2.28. The molecule has 0 saturated carbocycles. The average molecular weight is 432 g/mol. The summed E-state index contributed by atoms with van der Waals surface area (Å²) in [6.07, 6.45) is 1.71. The molecule has 0 atom stereocenters. The summed E-state index contributed by atoms with van der Waals surface area (Å²) in [7, 11) is 1.51. The van der Waals surface area contributed by atoms with Crippen LogP contribution in [0.4, 0.5) is 10.5 Å². The van der Waals surface area contributed by atoms with Gasteiger partial charge in [0.05, 0.1) is 17.7 Å². The first-order valence-electron chi connectivity index (χ1n) is 9.74. The Morgan fingerprint density at radius 1 is 0.968 bits per heavy atom. The van der Waals surface area contributed by atoms with Gasteiger partial charge in [-0.3, -0.25) is 9.59 Å². The standard InChI is InChI=1S/C25H21NO4S/c1-17-10-12-18(13-11-17)16-30-20-7-5-6-19(14-20)15-23-24(27)26(25(28)31-23)21-8-3-4-9-22(21)29-2/h3-15H,16H2,1-2H3/b23-15-. The highest BCUT2D eigenvalue weighted by Gasteiger charge is 2.37. The van der Waals surface area contributed by atoms with Gasteiger partial charge in [-0.25, -0.2) is 4.90 Å². The summed E-state index contributed by atoms with van der Waals surface area (Å²) in [6, 6.07) is 22.6. The van der Waals surface area contributed by atoms with Gasteiger partial charge >= 0.3 is 0 Å². The Bertz CT molecular complexity index is 1150. The number of anilines is 1. The van der Waals surface area contributed by atoms with Crippen molar-refractivity contribution in [3.8, 4) is 11.5 Å². The second-order valence-electron chi connectivity index (χ2n) is 7.04. The first-order chi connectivity index (χ1) is 15.0. The fraction of sp³-hybridized carbons (Fsp3) is 0.120. The van der Waals surface area contributed by atoms with E-state index in [9.17, 15) is 9.59 Å². The number of imide groups is 1. The van der Waals surface area contributed by atoms with Crippen LogP contribution < -0.4 is 14.4 Å². The Morgan fingerprint density at radius 2 is 1.74 bits per heavy atom. The molecule has 1 aliphatic heterocycles. The van der Waals surface area contributed by atoms with Gasteiger partial charge in [0.15, 0.2) is 0 Å². The molecule has 0 aromatic heterocycles. The quantitative estimate of drug-likeness (QED) is 0.460. The fourth-order valence-electron chi connectivity index (χ4n) is 3.19. The molecule has 0 bridgehead atoms. The zero-order chi connectivity index (χ0) is 21.8. The van der Waals surface area contributed by atoms with Crippen molar-refractivity contribution in [3.05, 3.63) is 94.4 Å². The van der Waals surface area contributed by atoms with E-state index in [1.54, 1.807) is 30.3 Å². The Kier molecular flexibility index (Phi) is 6.09. The summed E-state index contributed by atoms with van der Waals surface area (Å²) in [5.41, 5.74) is 3.50. The number of hydrogen-bond donors (Lipinski definition) is 0. The molecule has 3 aromatic carbocycles. The largest absolute Gasteiger partial charge is 0.495 e. The molecule has 0 aliphatic carbocycles. The summed E-state index contributed by atoms with van der Waals surface area (Å²) in [5, 5.41) is -0.354. The molecule has 2 amide bonds. The number of ether oxygens (including phenoxy) is 2. The van der Waals surface area contributed by atoms with E-state index < -0.39 is 0 Å². The molecule has 31 heavy (non-hydrogen) atoms. The van der Waals surface area contributed by atoms with Gasteiger partial charge in [-0.05, 0) is 60.2 Å². The molecule has 6 heteroatoms. The maximum Gasteiger partial charge on any atom is 0.298 e. The molecule has 3 aromatic rings. The van der Waals surface area contributed by atoms with Crippen molar-refractivity contribution in [2.75, 3.05) is 12.0 Å². The van der Waals surface area contributed by atoms with E-state index >= 15 is 0 Å². The predicted molar refractivity (Wildman–Crippen MR) is 123 cm³/mol. The molecule has 0 radical (unpaired) electrons. The molecule has 0 spiro atoms. The maximum absolute atomic E-state index is 12.9. The molecular weight excluding hydrogens is 410 g/mol. The van der Waals surface area contributed by atoms with Crippen LogP contribution in [-0.2, 0) is 11.4 Å². The number of carbonyl (C=O) groups excluding carboxylic acids is 2. The molecule has 1 aliphatic rings. The van der Waals surface area contributed by atoms with Gasteiger partial charge in [-0.15, -0.1) is 0 Å². The Labute approximate surface area is 185 Å². The van der Waals surface area contributed by atoms with Crippen LogP contribution in [0.2, 0.25) is 0 Å². The zero-order valence-corrected chi connectivity index (χ0v) is 18.0. The van der Waals surface area contributed by atoms with E-state index in [1.165, 1.54) is 12.7 Å². The topological polar surface area (TPSA) is 55.8 Å². The minimum Gasteiger partial charge on any atom is -0.495 e. The summed E-state index contributed by atoms with van der Waals surface area (Å²) < 4.78 is 11.2. The highest BCUT2D eigenvalue weighted by atomic mass is 32.2. The summed E-state index contributed by atoms with van der Waals surface area (Å²) in [5.74, 6) is 0.793. The van der Waals surface area contributed by atoms with Gasteiger partial charge in [0.2, 0.25) is 0 Å². The molecule has 0 unspecified atom stereocenters. The first-order valence-corrected chi connectivity index (χ1v) is 10.6. The van der Waals surface area contributed by atoms with Crippen molar-refractivity contribution < 1.29 is 19.1 Å². The van der Waals surface area contributed by atoms with Crippen molar-refractivity contribution in [1.29, 1.82) is 0 Å². The van der Waals surface area contributed by atoms with Gasteiger partial charge < -0.3 is 9.47 Å². The lowest BCUT2D eigenvalue weighted by Gasteiger charge is -2.15. The van der Waals surface area contributed by atoms with Gasteiger partial charge in [-0.2, -0.15) is 0 Å². The van der Waals surface area contributed by atoms with Crippen LogP contribution in [0.1, 0.15) is 16.7 Å². The molecule has 1 heterocycles. The molecule has 156 valence electrons. The monoisotopic (exact) mass is 431 g/mol. The zero-order valence-electron chi connectivity index (χ0n) is 17.2.